The highest BCUT2D eigenvalue weighted by Crippen LogP contribution is 2.29. The lowest BCUT2D eigenvalue weighted by Crippen LogP contribution is -2.33. The van der Waals surface area contributed by atoms with E-state index in [1.807, 2.05) is 0 Å². The average Bonchev–Trinajstić information content (AvgIpc) is 2.56. The van der Waals surface area contributed by atoms with E-state index in [4.69, 9.17) is 23.2 Å². The topological polar surface area (TPSA) is 49.4 Å². The van der Waals surface area contributed by atoms with Gasteiger partial charge in [0, 0.05) is 31.5 Å². The van der Waals surface area contributed by atoms with Crippen molar-refractivity contribution in [3.05, 3.63) is 63.9 Å². The molecular formula is C18H17Cl2FN2O2. The molecule has 0 radical (unpaired) electrons. The normalized spacial score (nSPS) is 10.4. The Bertz CT molecular complexity index is 766. The minimum Gasteiger partial charge on any atom is -0.352 e. The van der Waals surface area contributed by atoms with Crippen molar-refractivity contribution in [2.45, 2.75) is 19.9 Å². The van der Waals surface area contributed by atoms with Crippen LogP contribution < -0.4 is 10.2 Å². The molecule has 0 aliphatic heterocycles. The van der Waals surface area contributed by atoms with Gasteiger partial charge >= 0.3 is 0 Å². The molecule has 4 nitrogen and oxygen atoms in total. The maximum atomic E-state index is 12.8. The number of hydrogen-bond donors (Lipinski definition) is 1. The fourth-order valence-corrected chi connectivity index (χ4v) is 2.76. The number of halogens is 3. The summed E-state index contributed by atoms with van der Waals surface area (Å²) in [4.78, 5) is 25.3. The third-order valence-electron chi connectivity index (χ3n) is 3.55. The molecule has 0 saturated heterocycles. The summed E-state index contributed by atoms with van der Waals surface area (Å²) in [7, 11) is 0. The van der Waals surface area contributed by atoms with Crippen molar-refractivity contribution in [2.24, 2.45) is 0 Å². The highest BCUT2D eigenvalue weighted by atomic mass is 35.5. The van der Waals surface area contributed by atoms with Crippen molar-refractivity contribution in [1.82, 2.24) is 5.32 Å². The van der Waals surface area contributed by atoms with Crippen molar-refractivity contribution < 1.29 is 14.0 Å². The second-order valence-electron chi connectivity index (χ2n) is 5.42. The third-order valence-corrected chi connectivity index (χ3v) is 4.08. The van der Waals surface area contributed by atoms with Gasteiger partial charge in [0.2, 0.25) is 11.8 Å². The van der Waals surface area contributed by atoms with Gasteiger partial charge in [-0.05, 0) is 35.9 Å². The lowest BCUT2D eigenvalue weighted by atomic mass is 10.2. The molecule has 0 aliphatic carbocycles. The van der Waals surface area contributed by atoms with E-state index >= 15 is 0 Å². The Kier molecular flexibility index (Phi) is 6.79. The Morgan fingerprint density at radius 1 is 1.12 bits per heavy atom. The van der Waals surface area contributed by atoms with Gasteiger partial charge in [-0.3, -0.25) is 9.59 Å². The van der Waals surface area contributed by atoms with Crippen molar-refractivity contribution in [3.8, 4) is 0 Å². The van der Waals surface area contributed by atoms with Crippen LogP contribution in [0.3, 0.4) is 0 Å². The molecule has 0 bridgehead atoms. The summed E-state index contributed by atoms with van der Waals surface area (Å²) < 4.78 is 12.8. The van der Waals surface area contributed by atoms with Gasteiger partial charge in [0.05, 0.1) is 10.7 Å². The number of hydrogen-bond acceptors (Lipinski definition) is 2. The zero-order chi connectivity index (χ0) is 18.4. The maximum absolute atomic E-state index is 12.8. The number of carbonyl (C=O) groups is 2. The quantitative estimate of drug-likeness (QED) is 0.813. The molecule has 132 valence electrons. The number of amides is 2. The van der Waals surface area contributed by atoms with Gasteiger partial charge in [0.1, 0.15) is 5.82 Å². The number of carbonyl (C=O) groups excluding carboxylic acids is 2. The third kappa shape index (κ3) is 5.73. The molecule has 0 atom stereocenters. The Morgan fingerprint density at radius 3 is 2.40 bits per heavy atom. The molecule has 0 spiro atoms. The van der Waals surface area contributed by atoms with Crippen molar-refractivity contribution in [3.63, 3.8) is 0 Å². The summed E-state index contributed by atoms with van der Waals surface area (Å²) in [5, 5.41) is 3.54. The zero-order valence-corrected chi connectivity index (χ0v) is 15.1. The summed E-state index contributed by atoms with van der Waals surface area (Å²) in [5.41, 5.74) is 1.30. The largest absolute Gasteiger partial charge is 0.352 e. The van der Waals surface area contributed by atoms with Crippen LogP contribution in [-0.2, 0) is 16.1 Å². The van der Waals surface area contributed by atoms with Gasteiger partial charge in [-0.15, -0.1) is 0 Å². The second-order valence-corrected chi connectivity index (χ2v) is 6.26. The highest BCUT2D eigenvalue weighted by Gasteiger charge is 2.16. The molecule has 0 unspecified atom stereocenters. The smallest absolute Gasteiger partial charge is 0.223 e. The molecule has 25 heavy (non-hydrogen) atoms. The Hall–Kier alpha value is -2.11. The number of anilines is 1. The second kappa shape index (κ2) is 8.83. The first-order valence-electron chi connectivity index (χ1n) is 7.61. The van der Waals surface area contributed by atoms with E-state index in [1.165, 1.54) is 24.0 Å². The molecule has 1 N–H and O–H groups in total. The summed E-state index contributed by atoms with van der Waals surface area (Å²) in [5.74, 6) is -0.775. The van der Waals surface area contributed by atoms with Crippen molar-refractivity contribution in [2.75, 3.05) is 11.4 Å². The van der Waals surface area contributed by atoms with Gasteiger partial charge in [-0.2, -0.15) is 0 Å². The first kappa shape index (κ1) is 19.2. The van der Waals surface area contributed by atoms with Gasteiger partial charge in [0.25, 0.3) is 0 Å². The van der Waals surface area contributed by atoms with Gasteiger partial charge in [0.15, 0.2) is 0 Å². The molecule has 0 heterocycles. The van der Waals surface area contributed by atoms with Crippen molar-refractivity contribution >= 4 is 40.7 Å². The fourth-order valence-electron chi connectivity index (χ4n) is 2.25. The van der Waals surface area contributed by atoms with Crippen LogP contribution >= 0.6 is 23.2 Å². The Labute approximate surface area is 155 Å². The summed E-state index contributed by atoms with van der Waals surface area (Å²) in [6.45, 7) is 1.88. The van der Waals surface area contributed by atoms with Gasteiger partial charge < -0.3 is 10.2 Å². The lowest BCUT2D eigenvalue weighted by Gasteiger charge is -2.22. The van der Waals surface area contributed by atoms with E-state index in [0.29, 0.717) is 22.3 Å². The van der Waals surface area contributed by atoms with Crippen LogP contribution in [-0.4, -0.2) is 18.4 Å². The minimum atomic E-state index is -0.327. The van der Waals surface area contributed by atoms with Gasteiger partial charge in [-0.1, -0.05) is 35.3 Å². The van der Waals surface area contributed by atoms with E-state index in [0.717, 1.165) is 5.56 Å². The summed E-state index contributed by atoms with van der Waals surface area (Å²) >= 11 is 12.0. The number of benzene rings is 2. The van der Waals surface area contributed by atoms with Crippen LogP contribution in [0.15, 0.2) is 42.5 Å². The van der Waals surface area contributed by atoms with Crippen molar-refractivity contribution in [1.29, 1.82) is 0 Å². The Balaban J connectivity index is 1.93. The molecule has 2 aromatic carbocycles. The standard InChI is InChI=1S/C18H17Cl2FN2O2/c1-12(24)23(17-7-4-14(19)10-16(17)20)9-8-18(25)22-11-13-2-5-15(21)6-3-13/h2-7,10H,8-9,11H2,1H3,(H,22,25). The average molecular weight is 383 g/mol. The molecular weight excluding hydrogens is 366 g/mol. The van der Waals surface area contributed by atoms with E-state index in [9.17, 15) is 14.0 Å². The highest BCUT2D eigenvalue weighted by molar-refractivity contribution is 6.36. The molecule has 2 rings (SSSR count). The molecule has 2 aromatic rings. The van der Waals surface area contributed by atoms with E-state index < -0.39 is 0 Å². The number of nitrogens with zero attached hydrogens (tertiary/aromatic N) is 1. The first-order chi connectivity index (χ1) is 11.9. The van der Waals surface area contributed by atoms with Crippen LogP contribution in [0.5, 0.6) is 0 Å². The SMILES string of the molecule is CC(=O)N(CCC(=O)NCc1ccc(F)cc1)c1ccc(Cl)cc1Cl. The summed E-state index contributed by atoms with van der Waals surface area (Å²) in [6, 6.07) is 10.7. The minimum absolute atomic E-state index is 0.111. The van der Waals surface area contributed by atoms with Crippen LogP contribution in [0.25, 0.3) is 0 Å². The number of rotatable bonds is 6. The Morgan fingerprint density at radius 2 is 1.80 bits per heavy atom. The predicted octanol–water partition coefficient (Wildman–Crippen LogP) is 4.19. The van der Waals surface area contributed by atoms with Gasteiger partial charge in [-0.25, -0.2) is 4.39 Å². The molecule has 0 aliphatic rings. The maximum Gasteiger partial charge on any atom is 0.223 e. The fraction of sp³-hybridized carbons (Fsp3) is 0.222. The van der Waals surface area contributed by atoms with Crippen LogP contribution in [0.4, 0.5) is 10.1 Å². The van der Waals surface area contributed by atoms with E-state index in [-0.39, 0.29) is 30.6 Å². The predicted molar refractivity (Wildman–Crippen MR) is 97.4 cm³/mol. The van der Waals surface area contributed by atoms with E-state index in [1.54, 1.807) is 30.3 Å². The summed E-state index contributed by atoms with van der Waals surface area (Å²) in [6.07, 6.45) is 0.111. The molecule has 0 fully saturated rings. The molecule has 7 heteroatoms. The molecule has 0 aromatic heterocycles. The zero-order valence-electron chi connectivity index (χ0n) is 13.6. The monoisotopic (exact) mass is 382 g/mol. The molecule has 0 saturated carbocycles. The van der Waals surface area contributed by atoms with E-state index in [2.05, 4.69) is 5.32 Å². The van der Waals surface area contributed by atoms with Crippen LogP contribution in [0.1, 0.15) is 18.9 Å². The first-order valence-corrected chi connectivity index (χ1v) is 8.36. The number of nitrogens with one attached hydrogen (secondary N) is 1. The van der Waals surface area contributed by atoms with Crippen LogP contribution in [0.2, 0.25) is 10.0 Å². The lowest BCUT2D eigenvalue weighted by molar-refractivity contribution is -0.121. The van der Waals surface area contributed by atoms with Crippen LogP contribution in [0, 0.1) is 5.82 Å². The molecule has 2 amide bonds.